The Bertz CT molecular complexity index is 960. The molecule has 1 atom stereocenters. The molecule has 2 aromatic carbocycles. The molecule has 0 saturated carbocycles. The lowest BCUT2D eigenvalue weighted by Gasteiger charge is -2.27. The molecule has 1 unspecified atom stereocenters. The highest BCUT2D eigenvalue weighted by atomic mass is 79.9. The van der Waals surface area contributed by atoms with E-state index in [0.29, 0.717) is 4.47 Å². The maximum Gasteiger partial charge on any atom is 0.430 e. The molecule has 0 amide bonds. The number of hydrogen-bond donors (Lipinski definition) is 1. The smallest absolute Gasteiger partial charge is 0.430 e. The minimum Gasteiger partial charge on any atom is -0.478 e. The lowest BCUT2D eigenvalue weighted by Crippen LogP contribution is -2.40. The molecule has 1 aliphatic rings. The first-order valence-electron chi connectivity index (χ1n) is 7.21. The minimum absolute atomic E-state index is 0.00717. The number of carbonyl (C=O) groups is 1. The Kier molecular flexibility index (Phi) is 5.33. The van der Waals surface area contributed by atoms with Crippen LogP contribution in [0.5, 0.6) is 17.2 Å². The zero-order valence-corrected chi connectivity index (χ0v) is 16.1. The van der Waals surface area contributed by atoms with E-state index in [4.69, 9.17) is 37.8 Å². The Labute approximate surface area is 169 Å². The summed E-state index contributed by atoms with van der Waals surface area (Å²) >= 11 is 15.4. The molecule has 0 bridgehead atoms. The molecule has 4 nitrogen and oxygen atoms in total. The molecule has 10 heteroatoms. The Morgan fingerprint density at radius 2 is 1.81 bits per heavy atom. The van der Waals surface area contributed by atoms with Crippen molar-refractivity contribution in [3.63, 3.8) is 0 Å². The minimum atomic E-state index is -4.91. The number of fused-ring (bicyclic) bond motifs is 1. The summed E-state index contributed by atoms with van der Waals surface area (Å²) in [5.41, 5.74) is -0.845. The molecule has 3 rings (SSSR count). The Balaban J connectivity index is 2.02. The second-order valence-corrected chi connectivity index (χ2v) is 7.17. The quantitative estimate of drug-likeness (QED) is 0.553. The van der Waals surface area contributed by atoms with E-state index in [1.807, 2.05) is 0 Å². The van der Waals surface area contributed by atoms with Gasteiger partial charge in [0.2, 0.25) is 6.10 Å². The summed E-state index contributed by atoms with van der Waals surface area (Å²) in [5.74, 6) is -1.71. The van der Waals surface area contributed by atoms with Crippen LogP contribution in [0.15, 0.2) is 40.4 Å². The lowest BCUT2D eigenvalue weighted by atomic mass is 10.0. The SMILES string of the molecule is O=C(O)C1=Cc2cc(Cl)c(Oc3ccc(Br)cc3Cl)cc2OC1C(F)(F)F. The fraction of sp³-hybridized carbons (Fsp3) is 0.118. The number of carboxylic acid groups (broad SMARTS) is 1. The number of hydrogen-bond acceptors (Lipinski definition) is 3. The maximum atomic E-state index is 13.2. The van der Waals surface area contributed by atoms with Crippen LogP contribution >= 0.6 is 39.1 Å². The van der Waals surface area contributed by atoms with Crippen LogP contribution in [-0.2, 0) is 4.79 Å². The molecule has 0 aliphatic carbocycles. The van der Waals surface area contributed by atoms with E-state index in [2.05, 4.69) is 15.9 Å². The molecular weight excluding hydrogens is 476 g/mol. The van der Waals surface area contributed by atoms with Gasteiger partial charge in [0, 0.05) is 16.1 Å². The van der Waals surface area contributed by atoms with Crippen LogP contribution in [0.1, 0.15) is 5.56 Å². The van der Waals surface area contributed by atoms with Crippen molar-refractivity contribution in [1.29, 1.82) is 0 Å². The molecule has 1 heterocycles. The number of rotatable bonds is 3. The highest BCUT2D eigenvalue weighted by Gasteiger charge is 2.48. The standard InChI is InChI=1S/C17H8BrCl2F3O4/c18-8-1-2-12(11(20)5-8)26-14-6-13-7(4-10(14)19)3-9(16(24)25)15(27-13)17(21,22)23/h1-6,15H,(H,24,25). The van der Waals surface area contributed by atoms with Gasteiger partial charge in [0.25, 0.3) is 0 Å². The van der Waals surface area contributed by atoms with Crippen LogP contribution < -0.4 is 9.47 Å². The van der Waals surface area contributed by atoms with Gasteiger partial charge in [0.1, 0.15) is 17.2 Å². The Morgan fingerprint density at radius 3 is 2.41 bits per heavy atom. The van der Waals surface area contributed by atoms with E-state index in [0.717, 1.165) is 12.1 Å². The average molecular weight is 484 g/mol. The van der Waals surface area contributed by atoms with Gasteiger partial charge in [-0.05, 0) is 30.3 Å². The molecule has 0 spiro atoms. The first-order valence-corrected chi connectivity index (χ1v) is 8.76. The van der Waals surface area contributed by atoms with Crippen LogP contribution in [0.4, 0.5) is 13.2 Å². The molecular formula is C17H8BrCl2F3O4. The number of halogens is 6. The van der Waals surface area contributed by atoms with Crippen molar-refractivity contribution < 1.29 is 32.5 Å². The maximum absolute atomic E-state index is 13.2. The fourth-order valence-corrected chi connectivity index (χ4v) is 3.29. The van der Waals surface area contributed by atoms with Gasteiger partial charge in [-0.2, -0.15) is 13.2 Å². The van der Waals surface area contributed by atoms with Gasteiger partial charge in [-0.1, -0.05) is 39.1 Å². The summed E-state index contributed by atoms with van der Waals surface area (Å²) < 4.78 is 50.6. The van der Waals surface area contributed by atoms with Crippen LogP contribution in [0, 0.1) is 0 Å². The van der Waals surface area contributed by atoms with Crippen molar-refractivity contribution in [3.05, 3.63) is 56.0 Å². The van der Waals surface area contributed by atoms with E-state index in [1.165, 1.54) is 6.07 Å². The molecule has 0 saturated heterocycles. The predicted octanol–water partition coefficient (Wildman–Crippen LogP) is 6.34. The molecule has 1 aliphatic heterocycles. The van der Waals surface area contributed by atoms with Gasteiger partial charge in [-0.15, -0.1) is 0 Å². The predicted molar refractivity (Wildman–Crippen MR) is 96.8 cm³/mol. The Morgan fingerprint density at radius 1 is 1.15 bits per heavy atom. The third-order valence-corrected chi connectivity index (χ3v) is 4.64. The van der Waals surface area contributed by atoms with E-state index in [1.54, 1.807) is 18.2 Å². The number of benzene rings is 2. The number of aliphatic carboxylic acids is 1. The van der Waals surface area contributed by atoms with Gasteiger partial charge in [0.15, 0.2) is 0 Å². The van der Waals surface area contributed by atoms with Crippen LogP contribution in [0.25, 0.3) is 6.08 Å². The molecule has 142 valence electrons. The van der Waals surface area contributed by atoms with Crippen LogP contribution in [0.3, 0.4) is 0 Å². The monoisotopic (exact) mass is 482 g/mol. The molecule has 27 heavy (non-hydrogen) atoms. The van der Waals surface area contributed by atoms with Gasteiger partial charge in [-0.25, -0.2) is 4.79 Å². The highest BCUT2D eigenvalue weighted by Crippen LogP contribution is 2.43. The van der Waals surface area contributed by atoms with E-state index < -0.39 is 23.8 Å². The van der Waals surface area contributed by atoms with Crippen molar-refractivity contribution >= 4 is 51.2 Å². The second kappa shape index (κ2) is 7.26. The highest BCUT2D eigenvalue weighted by molar-refractivity contribution is 9.10. The summed E-state index contributed by atoms with van der Waals surface area (Å²) in [6.45, 7) is 0. The van der Waals surface area contributed by atoms with Crippen LogP contribution in [-0.4, -0.2) is 23.4 Å². The topological polar surface area (TPSA) is 55.8 Å². The molecule has 0 fully saturated rings. The first kappa shape index (κ1) is 19.9. The van der Waals surface area contributed by atoms with Crippen molar-refractivity contribution in [2.45, 2.75) is 12.3 Å². The van der Waals surface area contributed by atoms with Crippen molar-refractivity contribution in [3.8, 4) is 17.2 Å². The van der Waals surface area contributed by atoms with Gasteiger partial charge < -0.3 is 14.6 Å². The normalized spacial score (nSPS) is 16.2. The largest absolute Gasteiger partial charge is 0.478 e. The Hall–Kier alpha value is -1.90. The molecule has 0 radical (unpaired) electrons. The molecule has 2 aromatic rings. The summed E-state index contributed by atoms with van der Waals surface area (Å²) in [5, 5.41) is 9.34. The third-order valence-electron chi connectivity index (χ3n) is 3.56. The summed E-state index contributed by atoms with van der Waals surface area (Å²) in [6, 6.07) is 7.19. The lowest BCUT2D eigenvalue weighted by molar-refractivity contribution is -0.187. The van der Waals surface area contributed by atoms with Crippen molar-refractivity contribution in [2.75, 3.05) is 0 Å². The van der Waals surface area contributed by atoms with E-state index in [-0.39, 0.29) is 32.9 Å². The molecule has 1 N–H and O–H groups in total. The third kappa shape index (κ3) is 4.17. The number of alkyl halides is 3. The van der Waals surface area contributed by atoms with Gasteiger partial charge >= 0.3 is 12.1 Å². The average Bonchev–Trinajstić information content (AvgIpc) is 2.55. The van der Waals surface area contributed by atoms with Crippen molar-refractivity contribution in [2.24, 2.45) is 0 Å². The first-order chi connectivity index (χ1) is 12.6. The van der Waals surface area contributed by atoms with Gasteiger partial charge in [-0.3, -0.25) is 0 Å². The summed E-state index contributed by atoms with van der Waals surface area (Å²) in [6.07, 6.45) is -6.63. The fourth-order valence-electron chi connectivity index (χ4n) is 2.37. The summed E-state index contributed by atoms with van der Waals surface area (Å²) in [4.78, 5) is 11.2. The zero-order valence-electron chi connectivity index (χ0n) is 13.0. The molecule has 0 aromatic heterocycles. The number of ether oxygens (including phenoxy) is 2. The second-order valence-electron chi connectivity index (χ2n) is 5.44. The summed E-state index contributed by atoms with van der Waals surface area (Å²) in [7, 11) is 0. The van der Waals surface area contributed by atoms with Crippen molar-refractivity contribution in [1.82, 2.24) is 0 Å². The van der Waals surface area contributed by atoms with Crippen LogP contribution in [0.2, 0.25) is 10.0 Å². The van der Waals surface area contributed by atoms with E-state index in [9.17, 15) is 18.0 Å². The van der Waals surface area contributed by atoms with Gasteiger partial charge in [0.05, 0.1) is 15.6 Å². The number of carboxylic acids is 1. The van der Waals surface area contributed by atoms with E-state index >= 15 is 0 Å². The zero-order chi connectivity index (χ0) is 19.9.